The molecule has 136 valence electrons. The van der Waals surface area contributed by atoms with Gasteiger partial charge in [-0.1, -0.05) is 5.16 Å². The third-order valence-electron chi connectivity index (χ3n) is 2.79. The molecular weight excluding hydrogens is 421 g/mol. The first-order valence-corrected chi connectivity index (χ1v) is 9.55. The number of hydrogen-bond donors (Lipinski definition) is 5. The number of amidine groups is 1. The Kier molecular flexibility index (Phi) is 6.27. The highest BCUT2D eigenvalue weighted by atomic mass is 79.9. The van der Waals surface area contributed by atoms with Crippen molar-refractivity contribution in [3.63, 3.8) is 0 Å². The van der Waals surface area contributed by atoms with E-state index in [2.05, 4.69) is 51.4 Å². The van der Waals surface area contributed by atoms with Crippen LogP contribution >= 0.6 is 15.9 Å². The van der Waals surface area contributed by atoms with Gasteiger partial charge in [-0.05, 0) is 44.4 Å². The summed E-state index contributed by atoms with van der Waals surface area (Å²) in [6.45, 7) is 0.501. The highest BCUT2D eigenvalue weighted by Gasteiger charge is 2.18. The summed E-state index contributed by atoms with van der Waals surface area (Å²) in [5.41, 5.74) is 0.530. The van der Waals surface area contributed by atoms with Crippen molar-refractivity contribution in [3.05, 3.63) is 34.2 Å². The van der Waals surface area contributed by atoms with Crippen LogP contribution in [0.3, 0.4) is 0 Å². The molecule has 1 aromatic heterocycles. The van der Waals surface area contributed by atoms with Crippen molar-refractivity contribution in [1.29, 1.82) is 4.78 Å². The van der Waals surface area contributed by atoms with E-state index >= 15 is 0 Å². The van der Waals surface area contributed by atoms with Crippen LogP contribution in [0, 0.1) is 10.6 Å². The van der Waals surface area contributed by atoms with Crippen molar-refractivity contribution >= 4 is 43.2 Å². The van der Waals surface area contributed by atoms with Crippen molar-refractivity contribution in [2.75, 3.05) is 30.0 Å². The van der Waals surface area contributed by atoms with Crippen molar-refractivity contribution in [2.24, 2.45) is 5.16 Å². The Hall–Kier alpha value is -2.25. The van der Waals surface area contributed by atoms with E-state index in [1.165, 1.54) is 24.5 Å². The molecule has 0 amide bonds. The zero-order valence-corrected chi connectivity index (χ0v) is 15.3. The molecule has 5 N–H and O–H groups in total. The first-order valence-electron chi connectivity index (χ1n) is 6.79. The fraction of sp³-hybridized carbons (Fsp3) is 0.250. The Morgan fingerprint density at radius 1 is 1.48 bits per heavy atom. The van der Waals surface area contributed by atoms with E-state index in [0.29, 0.717) is 5.69 Å². The van der Waals surface area contributed by atoms with Gasteiger partial charge in [0.1, 0.15) is 15.7 Å². The molecule has 0 bridgehead atoms. The molecule has 10 nitrogen and oxygen atoms in total. The van der Waals surface area contributed by atoms with Gasteiger partial charge in [-0.3, -0.25) is 0 Å². The molecule has 2 aromatic rings. The highest BCUT2D eigenvalue weighted by molar-refractivity contribution is 9.10. The van der Waals surface area contributed by atoms with Gasteiger partial charge in [0.05, 0.1) is 4.47 Å². The second kappa shape index (κ2) is 8.22. The third kappa shape index (κ3) is 5.65. The molecule has 2 rings (SSSR count). The molecule has 0 aliphatic carbocycles. The van der Waals surface area contributed by atoms with E-state index in [1.807, 2.05) is 0 Å². The number of anilines is 2. The number of nitrogens with one attached hydrogen (secondary N) is 4. The molecule has 0 saturated heterocycles. The number of benzene rings is 1. The van der Waals surface area contributed by atoms with E-state index < -0.39 is 15.7 Å². The van der Waals surface area contributed by atoms with Crippen LogP contribution in [-0.4, -0.2) is 44.9 Å². The Labute approximate surface area is 151 Å². The van der Waals surface area contributed by atoms with Crippen LogP contribution in [0.15, 0.2) is 32.5 Å². The first-order chi connectivity index (χ1) is 11.8. The lowest BCUT2D eigenvalue weighted by Gasteiger charge is -2.09. The summed E-state index contributed by atoms with van der Waals surface area (Å²) in [4.78, 5) is 0. The maximum absolute atomic E-state index is 13.3. The van der Waals surface area contributed by atoms with Gasteiger partial charge in [0.15, 0.2) is 5.69 Å². The molecule has 0 aliphatic heterocycles. The zero-order chi connectivity index (χ0) is 18.4. The lowest BCUT2D eigenvalue weighted by molar-refractivity contribution is 0.305. The van der Waals surface area contributed by atoms with E-state index in [9.17, 15) is 13.8 Å². The molecule has 13 heteroatoms. The van der Waals surface area contributed by atoms with Crippen LogP contribution in [0.1, 0.15) is 5.69 Å². The molecule has 25 heavy (non-hydrogen) atoms. The Morgan fingerprint density at radius 3 is 2.88 bits per heavy atom. The summed E-state index contributed by atoms with van der Waals surface area (Å²) in [6, 6.07) is 4.13. The Balaban J connectivity index is 2.06. The van der Waals surface area contributed by atoms with Gasteiger partial charge in [0.25, 0.3) is 0 Å². The first kappa shape index (κ1) is 19.1. The largest absolute Gasteiger partial charge is 0.409 e. The quantitative estimate of drug-likeness (QED) is 0.146. The van der Waals surface area contributed by atoms with Crippen molar-refractivity contribution in [1.82, 2.24) is 15.0 Å². The summed E-state index contributed by atoms with van der Waals surface area (Å²) in [5, 5.41) is 25.2. The second-order valence-electron chi connectivity index (χ2n) is 4.83. The molecular formula is C12H15BrFN7O3S. The molecule has 1 aromatic carbocycles. The van der Waals surface area contributed by atoms with Crippen LogP contribution in [0.5, 0.6) is 0 Å². The summed E-state index contributed by atoms with van der Waals surface area (Å²) < 4.78 is 39.1. The highest BCUT2D eigenvalue weighted by Crippen LogP contribution is 2.21. The van der Waals surface area contributed by atoms with E-state index in [0.717, 1.165) is 0 Å². The predicted octanol–water partition coefficient (Wildman–Crippen LogP) is 1.81. The number of hydrogen-bond acceptors (Lipinski definition) is 8. The minimum Gasteiger partial charge on any atom is -0.409 e. The van der Waals surface area contributed by atoms with Gasteiger partial charge in [-0.2, -0.15) is 0 Å². The molecule has 0 spiro atoms. The second-order valence-corrected chi connectivity index (χ2v) is 7.66. The summed E-state index contributed by atoms with van der Waals surface area (Å²) in [7, 11) is -2.81. The van der Waals surface area contributed by atoms with Crippen molar-refractivity contribution < 1.29 is 18.4 Å². The fourth-order valence-corrected chi connectivity index (χ4v) is 2.60. The molecule has 0 radical (unpaired) electrons. The van der Waals surface area contributed by atoms with Crippen LogP contribution in [0.4, 0.5) is 15.9 Å². The van der Waals surface area contributed by atoms with Gasteiger partial charge in [-0.25, -0.2) is 22.7 Å². The number of halogens is 2. The minimum absolute atomic E-state index is 0.0741. The van der Waals surface area contributed by atoms with Crippen molar-refractivity contribution in [3.8, 4) is 0 Å². The smallest absolute Gasteiger partial charge is 0.203 e. The molecule has 1 unspecified atom stereocenters. The third-order valence-corrected chi connectivity index (χ3v) is 4.15. The predicted molar refractivity (Wildman–Crippen MR) is 93.6 cm³/mol. The lowest BCUT2D eigenvalue weighted by atomic mass is 10.3. The zero-order valence-electron chi connectivity index (χ0n) is 12.9. The number of rotatable bonds is 7. The minimum atomic E-state index is -2.81. The SMILES string of the molecule is CS(=N)(=O)NCCNc1nonc1/C(=N/O)Nc1ccc(F)c(Br)c1. The topological polar surface area (TPSA) is 149 Å². The average molecular weight is 436 g/mol. The molecule has 1 atom stereocenters. The lowest BCUT2D eigenvalue weighted by Crippen LogP contribution is -2.27. The molecule has 0 aliphatic rings. The number of nitrogens with zero attached hydrogens (tertiary/aromatic N) is 3. The van der Waals surface area contributed by atoms with Crippen LogP contribution in [0.25, 0.3) is 0 Å². The molecule has 0 saturated carbocycles. The molecule has 0 fully saturated rings. The Bertz CT molecular complexity index is 871. The van der Waals surface area contributed by atoms with E-state index in [-0.39, 0.29) is 34.9 Å². The van der Waals surface area contributed by atoms with E-state index in [1.54, 1.807) is 0 Å². The van der Waals surface area contributed by atoms with Gasteiger partial charge < -0.3 is 15.8 Å². The van der Waals surface area contributed by atoms with Gasteiger partial charge in [-0.15, -0.1) is 0 Å². The average Bonchev–Trinajstić information content (AvgIpc) is 3.00. The number of oxime groups is 1. The monoisotopic (exact) mass is 435 g/mol. The van der Waals surface area contributed by atoms with Gasteiger partial charge in [0, 0.05) is 25.0 Å². The van der Waals surface area contributed by atoms with Crippen molar-refractivity contribution in [2.45, 2.75) is 0 Å². The molecule has 1 heterocycles. The van der Waals surface area contributed by atoms with Crippen LogP contribution in [-0.2, 0) is 9.92 Å². The maximum atomic E-state index is 13.3. The Morgan fingerprint density at radius 2 is 2.24 bits per heavy atom. The van der Waals surface area contributed by atoms with E-state index in [4.69, 9.17) is 4.78 Å². The number of aromatic nitrogens is 2. The van der Waals surface area contributed by atoms with Crippen LogP contribution in [0.2, 0.25) is 0 Å². The van der Waals surface area contributed by atoms with Gasteiger partial charge >= 0.3 is 0 Å². The summed E-state index contributed by atoms with van der Waals surface area (Å²) in [6.07, 6.45) is 1.26. The fourth-order valence-electron chi connectivity index (χ4n) is 1.73. The van der Waals surface area contributed by atoms with Crippen LogP contribution < -0.4 is 15.4 Å². The summed E-state index contributed by atoms with van der Waals surface area (Å²) >= 11 is 3.06. The maximum Gasteiger partial charge on any atom is 0.203 e. The standard InChI is InChI=1S/C12H15BrFN7O3S/c1-25(15,23)17-5-4-16-11-10(20-24-21-11)12(19-22)18-7-2-3-9(14)8(13)6-7/h2-3,6,22H,4-5H2,1H3,(H,16,21)(H,18,19)(H2,15,17,23). The normalized spacial score (nSPS) is 14.1. The summed E-state index contributed by atoms with van der Waals surface area (Å²) in [5.74, 6) is -0.334. The van der Waals surface area contributed by atoms with Gasteiger partial charge in [0.2, 0.25) is 11.7 Å².